The molecule has 2 rings (SSSR count). The average molecular weight is 1080 g/mol. The van der Waals surface area contributed by atoms with Crippen LogP contribution in [0.4, 0.5) is 13.2 Å². The Kier molecular flexibility index (Phi) is 28.8. The van der Waals surface area contributed by atoms with Crippen molar-refractivity contribution in [3.8, 4) is 0 Å². The highest BCUT2D eigenvalue weighted by molar-refractivity contribution is 6.40. The number of aliphatic carboxylic acids is 1. The molecule has 1 fully saturated rings. The zero-order valence-electron chi connectivity index (χ0n) is 42.3. The molecule has 0 radical (unpaired) electrons. The largest absolute Gasteiger partial charge is 0.477 e. The summed E-state index contributed by atoms with van der Waals surface area (Å²) in [5, 5.41) is 34.1. The molecular weight excluding hydrogens is 1010 g/mol. The number of nitrogens with two attached hydrogens (primary N) is 7. The second-order valence-electron chi connectivity index (χ2n) is 17.6. The van der Waals surface area contributed by atoms with Gasteiger partial charge in [-0.25, -0.2) is 23.0 Å². The molecule has 1 aromatic carbocycles. The van der Waals surface area contributed by atoms with E-state index in [2.05, 4.69) is 41.9 Å². The summed E-state index contributed by atoms with van der Waals surface area (Å²) in [7, 11) is 0. The monoisotopic (exact) mass is 1080 g/mol. The molecule has 0 saturated carbocycles. The highest BCUT2D eigenvalue weighted by Gasteiger charge is 2.39. The Morgan fingerprint density at radius 1 is 0.789 bits per heavy atom. The number of carboxylic acids is 1. The number of likely N-dealkylation sites (tertiary alicyclic amines) is 1. The third-order valence-corrected chi connectivity index (χ3v) is 11.6. The van der Waals surface area contributed by atoms with E-state index in [9.17, 15) is 62.1 Å². The Balaban J connectivity index is 2.36. The molecule has 1 heterocycles. The summed E-state index contributed by atoms with van der Waals surface area (Å²) < 4.78 is 43.5. The summed E-state index contributed by atoms with van der Waals surface area (Å²) in [6.45, 7) is 0.428. The van der Waals surface area contributed by atoms with Crippen molar-refractivity contribution in [2.24, 2.45) is 50.1 Å². The molecule has 1 aromatic rings. The van der Waals surface area contributed by atoms with E-state index in [0.29, 0.717) is 31.9 Å². The highest BCUT2D eigenvalue weighted by atomic mass is 19.2. The number of carbonyl (C=O) groups is 9. The number of nitrogens with one attached hydrogen (secondary N) is 6. The summed E-state index contributed by atoms with van der Waals surface area (Å²) in [5.41, 5.74) is 37.3. The number of nitrogens with zero attached hydrogens (tertiary/aromatic N) is 3. The maximum atomic E-state index is 15.1. The van der Waals surface area contributed by atoms with Gasteiger partial charge in [0.15, 0.2) is 17.6 Å². The lowest BCUT2D eigenvalue weighted by atomic mass is 10.0. The van der Waals surface area contributed by atoms with E-state index in [1.807, 2.05) is 0 Å². The highest BCUT2D eigenvalue weighted by Crippen LogP contribution is 2.21. The number of hydrogen-bond donors (Lipinski definition) is 15. The fourth-order valence-electron chi connectivity index (χ4n) is 7.44. The number of halogens is 3. The third kappa shape index (κ3) is 22.0. The number of aliphatic imine (C=N–C) groups is 2. The molecule has 76 heavy (non-hydrogen) atoms. The van der Waals surface area contributed by atoms with Crippen LogP contribution in [0.1, 0.15) is 83.1 Å². The fourth-order valence-corrected chi connectivity index (χ4v) is 7.44. The number of unbranched alkanes of at least 4 members (excludes halogenated alkanes) is 2. The lowest BCUT2D eigenvalue weighted by Crippen LogP contribution is -2.60. The number of carbonyl (C=O) groups excluding carboxylic acids is 8. The molecule has 7 atom stereocenters. The van der Waals surface area contributed by atoms with Crippen molar-refractivity contribution >= 4 is 64.9 Å². The number of amides is 8. The normalized spacial score (nSPS) is 16.0. The second kappa shape index (κ2) is 33.7. The Bertz CT molecular complexity index is 2290. The first-order valence-electron chi connectivity index (χ1n) is 24.6. The minimum atomic E-state index is -1.85. The molecule has 1 saturated heterocycles. The average Bonchev–Trinajstić information content (AvgIpc) is 3.87. The molecule has 0 bridgehead atoms. The lowest BCUT2D eigenvalue weighted by Gasteiger charge is -2.28. The maximum Gasteiger partial charge on any atom is 0.352 e. The molecule has 1 aliphatic rings. The number of aliphatic hydroxyl groups excluding tert-OH is 1. The van der Waals surface area contributed by atoms with Crippen molar-refractivity contribution in [2.75, 3.05) is 45.8 Å². The minimum absolute atomic E-state index is 0.0186. The first-order chi connectivity index (χ1) is 36.0. The quantitative estimate of drug-likeness (QED) is 0.0103. The van der Waals surface area contributed by atoms with Crippen LogP contribution in [0.3, 0.4) is 0 Å². The van der Waals surface area contributed by atoms with Crippen LogP contribution in [0.25, 0.3) is 0 Å². The third-order valence-electron chi connectivity index (χ3n) is 11.6. The Labute approximate surface area is 436 Å². The predicted octanol–water partition coefficient (Wildman–Crippen LogP) is -4.93. The van der Waals surface area contributed by atoms with Gasteiger partial charge >= 0.3 is 5.97 Å². The molecular formula is C46H73F3N16O11. The van der Waals surface area contributed by atoms with E-state index in [1.165, 1.54) is 6.92 Å². The van der Waals surface area contributed by atoms with Crippen molar-refractivity contribution in [3.63, 3.8) is 0 Å². The number of guanidine groups is 1. The van der Waals surface area contributed by atoms with E-state index in [0.717, 1.165) is 11.0 Å². The van der Waals surface area contributed by atoms with E-state index in [-0.39, 0.29) is 95.3 Å². The van der Waals surface area contributed by atoms with Crippen LogP contribution in [0.15, 0.2) is 33.9 Å². The van der Waals surface area contributed by atoms with Gasteiger partial charge in [-0.1, -0.05) is 12.5 Å². The number of carboxylic acid groups (broad SMARTS) is 1. The molecule has 0 aliphatic carbocycles. The zero-order chi connectivity index (χ0) is 57.1. The first-order valence-corrected chi connectivity index (χ1v) is 24.6. The van der Waals surface area contributed by atoms with Crippen molar-refractivity contribution in [3.05, 3.63) is 46.9 Å². The van der Waals surface area contributed by atoms with Crippen LogP contribution in [0.5, 0.6) is 0 Å². The van der Waals surface area contributed by atoms with Crippen LogP contribution in [-0.2, 0) is 49.6 Å². The molecule has 8 amide bonds. The summed E-state index contributed by atoms with van der Waals surface area (Å²) in [4.78, 5) is 129. The summed E-state index contributed by atoms with van der Waals surface area (Å²) >= 11 is 0. The van der Waals surface area contributed by atoms with Crippen molar-refractivity contribution in [1.82, 2.24) is 36.8 Å². The number of aliphatic hydroxyl groups is 1. The molecule has 27 nitrogen and oxygen atoms in total. The number of rotatable bonds is 33. The van der Waals surface area contributed by atoms with E-state index in [1.54, 1.807) is 0 Å². The van der Waals surface area contributed by atoms with E-state index >= 15 is 4.39 Å². The SMILES string of the molecule is C[C@H](NC(=O)[C@@H](NC(=O)[C@@H](N)CCCCN)[C@@H](O)CN)C(=O)NCC(=O)N=C(CCCN)C(=O)N1CCC[C@H]1C(=O)N[C@@H](Cc1cc(F)c(F)cc1F)C(=O)N[C@@H](CCCCN)C(=O)N/C(=C\CCN=C(N)N)C(=O)O. The predicted molar refractivity (Wildman–Crippen MR) is 270 cm³/mol. The molecule has 1 aliphatic heterocycles. The van der Waals surface area contributed by atoms with E-state index < -0.39 is 144 Å². The Morgan fingerprint density at radius 3 is 2.05 bits per heavy atom. The molecule has 22 N–H and O–H groups in total. The van der Waals surface area contributed by atoms with Crippen LogP contribution < -0.4 is 72.0 Å². The van der Waals surface area contributed by atoms with Gasteiger partial charge in [-0.05, 0) is 102 Å². The number of hydrogen-bond acceptors (Lipinski definition) is 16. The standard InChI is InChI=1S/C46H73F3N16O11/c1-24(59-43(73)37(35(66)22-53)64-39(69)29(54)9-2-4-14-50)38(68)58-23-36(67)60-31(11-6-16-52)44(74)65-18-8-13-34(65)42(72)63-33(20-25-19-27(48)28(49)21-26(25)47)41(71)61-30(10-3-5-15-51)40(70)62-32(45(75)76)12-7-17-57-46(55)56/h12,19,21,24,29-30,33-35,37,66H,2-11,13-18,20,22-23,50-54H2,1H3,(H,58,68)(H,59,73)(H,61,71)(H,62,70)(H,63,72)(H,64,69)(H,75,76)(H4,55,56,57)/b32-12-,60-31?/t24-,29-,30-,33-,34-,35-,37-/m0/s1. The molecule has 0 spiro atoms. The van der Waals surface area contributed by atoms with Crippen LogP contribution in [0, 0.1) is 17.5 Å². The van der Waals surface area contributed by atoms with Gasteiger partial charge in [0.1, 0.15) is 47.4 Å². The molecule has 0 aromatic heterocycles. The van der Waals surface area contributed by atoms with Crippen LogP contribution in [-0.4, -0.2) is 168 Å². The fraction of sp³-hybridized carbons (Fsp3) is 0.587. The van der Waals surface area contributed by atoms with Gasteiger partial charge in [0.05, 0.1) is 18.7 Å². The lowest BCUT2D eigenvalue weighted by molar-refractivity contribution is -0.137. The summed E-state index contributed by atoms with van der Waals surface area (Å²) in [5.74, 6) is -14.0. The van der Waals surface area contributed by atoms with Gasteiger partial charge in [-0.3, -0.25) is 43.3 Å². The van der Waals surface area contributed by atoms with Gasteiger partial charge in [-0.15, -0.1) is 0 Å². The zero-order valence-corrected chi connectivity index (χ0v) is 42.3. The topological polar surface area (TPSA) is 476 Å². The summed E-state index contributed by atoms with van der Waals surface area (Å²) in [6.07, 6.45) is 0.590. The van der Waals surface area contributed by atoms with Gasteiger partial charge in [0.2, 0.25) is 35.4 Å². The number of benzene rings is 1. The van der Waals surface area contributed by atoms with E-state index in [4.69, 9.17) is 40.1 Å². The molecule has 0 unspecified atom stereocenters. The van der Waals surface area contributed by atoms with Crippen molar-refractivity contribution in [1.29, 1.82) is 0 Å². The van der Waals surface area contributed by atoms with Gasteiger partial charge in [-0.2, -0.15) is 0 Å². The van der Waals surface area contributed by atoms with Crippen LogP contribution >= 0.6 is 0 Å². The van der Waals surface area contributed by atoms with Crippen molar-refractivity contribution < 1.29 is 66.5 Å². The first kappa shape index (κ1) is 65.0. The van der Waals surface area contributed by atoms with Gasteiger partial charge in [0.25, 0.3) is 11.8 Å². The molecule has 424 valence electrons. The smallest absolute Gasteiger partial charge is 0.352 e. The van der Waals surface area contributed by atoms with Crippen LogP contribution in [0.2, 0.25) is 0 Å². The Morgan fingerprint density at radius 2 is 1.43 bits per heavy atom. The van der Waals surface area contributed by atoms with Gasteiger partial charge < -0.3 is 87.1 Å². The minimum Gasteiger partial charge on any atom is -0.477 e. The van der Waals surface area contributed by atoms with Gasteiger partial charge in [0, 0.05) is 32.1 Å². The maximum absolute atomic E-state index is 15.1. The summed E-state index contributed by atoms with van der Waals surface area (Å²) in [6, 6.07) is -8.05. The molecule has 30 heteroatoms. The second-order valence-corrected chi connectivity index (χ2v) is 17.6. The Hall–Kier alpha value is -7.12. The van der Waals surface area contributed by atoms with Crippen molar-refractivity contribution in [2.45, 2.75) is 126 Å².